The molecule has 1 aromatic rings. The van der Waals surface area contributed by atoms with Crippen LogP contribution in [-0.2, 0) is 16.0 Å². The number of carbonyl (C=O) groups excluding carboxylic acids is 2. The average molecular weight is 290 g/mol. The Bertz CT molecular complexity index is 513. The molecule has 1 aliphatic heterocycles. The molecule has 0 aromatic heterocycles. The number of likely N-dealkylation sites (tertiary alicyclic amines) is 1. The SMILES string of the molecule is CCc1ccc(C(CO)NC(=O)C2CC(=O)N(C)C2)cc1. The van der Waals surface area contributed by atoms with E-state index in [0.717, 1.165) is 12.0 Å². The highest BCUT2D eigenvalue weighted by Crippen LogP contribution is 2.19. The third-order valence-electron chi connectivity index (χ3n) is 4.00. The molecule has 2 N–H and O–H groups in total. The number of aliphatic hydroxyl groups is 1. The maximum atomic E-state index is 12.2. The van der Waals surface area contributed by atoms with Crippen molar-refractivity contribution in [2.45, 2.75) is 25.8 Å². The molecule has 0 bridgehead atoms. The minimum atomic E-state index is -0.426. The van der Waals surface area contributed by atoms with Crippen molar-refractivity contribution in [3.63, 3.8) is 0 Å². The molecule has 0 radical (unpaired) electrons. The van der Waals surface area contributed by atoms with Crippen molar-refractivity contribution in [3.05, 3.63) is 35.4 Å². The first-order chi connectivity index (χ1) is 10.0. The van der Waals surface area contributed by atoms with E-state index in [2.05, 4.69) is 12.2 Å². The Labute approximate surface area is 125 Å². The van der Waals surface area contributed by atoms with Gasteiger partial charge in [-0.1, -0.05) is 31.2 Å². The molecule has 0 spiro atoms. The number of aryl methyl sites for hydroxylation is 1. The van der Waals surface area contributed by atoms with Gasteiger partial charge >= 0.3 is 0 Å². The molecule has 1 aliphatic rings. The Balaban J connectivity index is 2.01. The Morgan fingerprint density at radius 2 is 2.10 bits per heavy atom. The summed E-state index contributed by atoms with van der Waals surface area (Å²) in [6.07, 6.45) is 1.20. The first kappa shape index (κ1) is 15.5. The molecule has 1 fully saturated rings. The molecule has 5 nitrogen and oxygen atoms in total. The minimum absolute atomic E-state index is 0.0111. The van der Waals surface area contributed by atoms with E-state index in [1.165, 1.54) is 5.56 Å². The van der Waals surface area contributed by atoms with Crippen molar-refractivity contribution in [1.82, 2.24) is 10.2 Å². The summed E-state index contributed by atoms with van der Waals surface area (Å²) in [4.78, 5) is 25.2. The van der Waals surface area contributed by atoms with E-state index in [0.29, 0.717) is 6.54 Å². The molecule has 114 valence electrons. The first-order valence-electron chi connectivity index (χ1n) is 7.29. The zero-order chi connectivity index (χ0) is 15.4. The Morgan fingerprint density at radius 1 is 1.43 bits per heavy atom. The second kappa shape index (κ2) is 6.72. The minimum Gasteiger partial charge on any atom is -0.394 e. The molecule has 2 unspecified atom stereocenters. The summed E-state index contributed by atoms with van der Waals surface area (Å²) in [5.41, 5.74) is 2.09. The van der Waals surface area contributed by atoms with Crippen molar-refractivity contribution < 1.29 is 14.7 Å². The lowest BCUT2D eigenvalue weighted by molar-refractivity contribution is -0.128. The predicted octanol–water partition coefficient (Wildman–Crippen LogP) is 0.877. The third-order valence-corrected chi connectivity index (χ3v) is 4.00. The van der Waals surface area contributed by atoms with E-state index >= 15 is 0 Å². The lowest BCUT2D eigenvalue weighted by atomic mass is 10.0. The monoisotopic (exact) mass is 290 g/mol. The van der Waals surface area contributed by atoms with E-state index in [1.807, 2.05) is 24.3 Å². The van der Waals surface area contributed by atoms with Crippen LogP contribution < -0.4 is 5.32 Å². The van der Waals surface area contributed by atoms with Gasteiger partial charge in [0.2, 0.25) is 11.8 Å². The van der Waals surface area contributed by atoms with E-state index in [9.17, 15) is 14.7 Å². The van der Waals surface area contributed by atoms with Gasteiger partial charge in [-0.2, -0.15) is 0 Å². The summed E-state index contributed by atoms with van der Waals surface area (Å²) in [7, 11) is 1.70. The summed E-state index contributed by atoms with van der Waals surface area (Å²) in [5.74, 6) is -0.513. The normalized spacial score (nSPS) is 19.7. The number of benzene rings is 1. The van der Waals surface area contributed by atoms with Crippen LogP contribution >= 0.6 is 0 Å². The molecule has 0 aliphatic carbocycles. The van der Waals surface area contributed by atoms with Gasteiger partial charge in [-0.15, -0.1) is 0 Å². The van der Waals surface area contributed by atoms with Crippen LogP contribution in [0.5, 0.6) is 0 Å². The molecule has 2 amide bonds. The zero-order valence-corrected chi connectivity index (χ0v) is 12.5. The van der Waals surface area contributed by atoms with E-state index < -0.39 is 6.04 Å². The second-order valence-electron chi connectivity index (χ2n) is 5.51. The Hall–Kier alpha value is -1.88. The van der Waals surface area contributed by atoms with Gasteiger partial charge in [0.05, 0.1) is 18.6 Å². The predicted molar refractivity (Wildman–Crippen MR) is 79.5 cm³/mol. The fourth-order valence-electron chi connectivity index (χ4n) is 2.55. The average Bonchev–Trinajstić information content (AvgIpc) is 2.84. The van der Waals surface area contributed by atoms with Gasteiger partial charge in [0.1, 0.15) is 0 Å². The number of nitrogens with one attached hydrogen (secondary N) is 1. The maximum absolute atomic E-state index is 12.2. The van der Waals surface area contributed by atoms with Crippen molar-refractivity contribution in [2.75, 3.05) is 20.2 Å². The number of nitrogens with zero attached hydrogens (tertiary/aromatic N) is 1. The van der Waals surface area contributed by atoms with Gasteiger partial charge in [-0.05, 0) is 17.5 Å². The number of aliphatic hydroxyl groups excluding tert-OH is 1. The van der Waals surface area contributed by atoms with Gasteiger partial charge in [0.25, 0.3) is 0 Å². The highest BCUT2D eigenvalue weighted by Gasteiger charge is 2.33. The van der Waals surface area contributed by atoms with Crippen LogP contribution in [0.2, 0.25) is 0 Å². The molecular weight excluding hydrogens is 268 g/mol. The number of rotatable bonds is 5. The van der Waals surface area contributed by atoms with Crippen molar-refractivity contribution >= 4 is 11.8 Å². The molecule has 2 atom stereocenters. The van der Waals surface area contributed by atoms with Gasteiger partial charge in [0, 0.05) is 20.0 Å². The Morgan fingerprint density at radius 3 is 2.57 bits per heavy atom. The third kappa shape index (κ3) is 3.61. The molecule has 1 heterocycles. The maximum Gasteiger partial charge on any atom is 0.225 e. The number of carbonyl (C=O) groups is 2. The Kier molecular flexibility index (Phi) is 4.96. The highest BCUT2D eigenvalue weighted by molar-refractivity contribution is 5.89. The standard InChI is InChI=1S/C16H22N2O3/c1-3-11-4-6-12(7-5-11)14(10-19)17-16(21)13-8-15(20)18(2)9-13/h4-7,13-14,19H,3,8-10H2,1-2H3,(H,17,21). The highest BCUT2D eigenvalue weighted by atomic mass is 16.3. The van der Waals surface area contributed by atoms with Gasteiger partial charge in [0.15, 0.2) is 0 Å². The summed E-state index contributed by atoms with van der Waals surface area (Å²) in [5, 5.41) is 12.3. The van der Waals surface area contributed by atoms with Gasteiger partial charge in [-0.25, -0.2) is 0 Å². The number of hydrogen-bond donors (Lipinski definition) is 2. The van der Waals surface area contributed by atoms with Crippen LogP contribution in [0.4, 0.5) is 0 Å². The van der Waals surface area contributed by atoms with Crippen LogP contribution in [0.25, 0.3) is 0 Å². The molecular formula is C16H22N2O3. The van der Waals surface area contributed by atoms with E-state index in [1.54, 1.807) is 11.9 Å². The summed E-state index contributed by atoms with van der Waals surface area (Å²) in [6, 6.07) is 7.41. The van der Waals surface area contributed by atoms with E-state index in [-0.39, 0.29) is 30.8 Å². The quantitative estimate of drug-likeness (QED) is 0.845. The largest absolute Gasteiger partial charge is 0.394 e. The van der Waals surface area contributed by atoms with E-state index in [4.69, 9.17) is 0 Å². The van der Waals surface area contributed by atoms with Crippen LogP contribution in [0.15, 0.2) is 24.3 Å². The molecule has 21 heavy (non-hydrogen) atoms. The smallest absolute Gasteiger partial charge is 0.225 e. The fourth-order valence-corrected chi connectivity index (χ4v) is 2.55. The van der Waals surface area contributed by atoms with Crippen LogP contribution in [0, 0.1) is 5.92 Å². The molecule has 1 aromatic carbocycles. The summed E-state index contributed by atoms with van der Waals surface area (Å²) in [6.45, 7) is 2.36. The molecule has 2 rings (SSSR count). The van der Waals surface area contributed by atoms with Gasteiger partial charge in [-0.3, -0.25) is 9.59 Å². The number of amides is 2. The van der Waals surface area contributed by atoms with Crippen LogP contribution in [-0.4, -0.2) is 42.0 Å². The van der Waals surface area contributed by atoms with Crippen molar-refractivity contribution in [2.24, 2.45) is 5.92 Å². The summed E-state index contributed by atoms with van der Waals surface area (Å²) >= 11 is 0. The topological polar surface area (TPSA) is 69.6 Å². The zero-order valence-electron chi connectivity index (χ0n) is 12.5. The van der Waals surface area contributed by atoms with Gasteiger partial charge < -0.3 is 15.3 Å². The fraction of sp³-hybridized carbons (Fsp3) is 0.500. The molecule has 5 heteroatoms. The second-order valence-corrected chi connectivity index (χ2v) is 5.51. The number of hydrogen-bond acceptors (Lipinski definition) is 3. The van der Waals surface area contributed by atoms with Crippen LogP contribution in [0.1, 0.15) is 30.5 Å². The lowest BCUT2D eigenvalue weighted by Crippen LogP contribution is -2.36. The first-order valence-corrected chi connectivity index (χ1v) is 7.29. The van der Waals surface area contributed by atoms with Crippen molar-refractivity contribution in [3.8, 4) is 0 Å². The lowest BCUT2D eigenvalue weighted by Gasteiger charge is -2.19. The molecule has 1 saturated heterocycles. The summed E-state index contributed by atoms with van der Waals surface area (Å²) < 4.78 is 0. The van der Waals surface area contributed by atoms with Crippen LogP contribution in [0.3, 0.4) is 0 Å². The molecule has 0 saturated carbocycles. The van der Waals surface area contributed by atoms with Crippen molar-refractivity contribution in [1.29, 1.82) is 0 Å².